The molecule has 0 spiro atoms. The number of carbonyl (C=O) groups excluding carboxylic acids is 4. The van der Waals surface area contributed by atoms with Gasteiger partial charge < -0.3 is 35.1 Å². The summed E-state index contributed by atoms with van der Waals surface area (Å²) < 4.78 is 4.34. The molecule has 0 aliphatic carbocycles. The molecule has 270 valence electrons. The van der Waals surface area contributed by atoms with E-state index in [1.54, 1.807) is 57.5 Å². The first-order chi connectivity index (χ1) is 23.7. The summed E-state index contributed by atoms with van der Waals surface area (Å²) in [6, 6.07) is 0. The van der Waals surface area contributed by atoms with Crippen LogP contribution < -0.4 is 10.6 Å². The van der Waals surface area contributed by atoms with Crippen molar-refractivity contribution in [1.29, 1.82) is 0 Å². The number of hydrogen-bond donors (Lipinski definition) is 4. The number of imidazole rings is 2. The highest BCUT2D eigenvalue weighted by atomic mass is 32.1. The third-order valence-corrected chi connectivity index (χ3v) is 8.50. The van der Waals surface area contributed by atoms with Gasteiger partial charge >= 0.3 is 6.09 Å². The van der Waals surface area contributed by atoms with E-state index >= 15 is 0 Å². The number of hydrogen-bond acceptors (Lipinski definition) is 11. The van der Waals surface area contributed by atoms with Crippen molar-refractivity contribution in [3.63, 3.8) is 0 Å². The minimum Gasteiger partial charge on any atom is -0.453 e. The Balaban J connectivity index is 0.000000242. The predicted octanol–water partition coefficient (Wildman–Crippen LogP) is 5.08. The second-order valence-electron chi connectivity index (χ2n) is 10.9. The van der Waals surface area contributed by atoms with Crippen LogP contribution in [0.15, 0.2) is 25.0 Å². The largest absolute Gasteiger partial charge is 0.453 e. The van der Waals surface area contributed by atoms with Crippen LogP contribution in [0.25, 0.3) is 31.1 Å². The molecule has 17 heteroatoms. The van der Waals surface area contributed by atoms with Gasteiger partial charge in [0.05, 0.1) is 50.1 Å². The van der Waals surface area contributed by atoms with E-state index in [2.05, 4.69) is 73.0 Å². The minimum absolute atomic E-state index is 0.0303. The smallest absolute Gasteiger partial charge is 0.407 e. The molecular formula is C32H50N10O5S2. The van der Waals surface area contributed by atoms with E-state index in [4.69, 9.17) is 0 Å². The van der Waals surface area contributed by atoms with E-state index in [9.17, 15) is 19.2 Å². The van der Waals surface area contributed by atoms with Crippen molar-refractivity contribution >= 4 is 56.1 Å². The molecule has 4 N–H and O–H groups in total. The lowest BCUT2D eigenvalue weighted by molar-refractivity contribution is -0.131. The molecular weight excluding hydrogens is 669 g/mol. The Kier molecular flexibility index (Phi) is 19.2. The van der Waals surface area contributed by atoms with Gasteiger partial charge in [-0.05, 0) is 25.7 Å². The van der Waals surface area contributed by atoms with Gasteiger partial charge in [-0.2, -0.15) is 0 Å². The number of amides is 4. The molecule has 2 aliphatic rings. The number of carbonyl (C=O) groups is 4. The summed E-state index contributed by atoms with van der Waals surface area (Å²) in [4.78, 5) is 72.3. The number of nitrogens with one attached hydrogen (secondary N) is 4. The molecule has 4 amide bonds. The fourth-order valence-corrected chi connectivity index (χ4v) is 6.18. The number of aromatic amines is 2. The van der Waals surface area contributed by atoms with Crippen LogP contribution in [0.3, 0.4) is 0 Å². The third kappa shape index (κ3) is 14.7. The van der Waals surface area contributed by atoms with Gasteiger partial charge in [0.1, 0.15) is 16.6 Å². The van der Waals surface area contributed by atoms with Crippen molar-refractivity contribution < 1.29 is 23.9 Å². The maximum atomic E-state index is 11.3. The summed E-state index contributed by atoms with van der Waals surface area (Å²) in [5.74, 6) is -0.159. The van der Waals surface area contributed by atoms with Gasteiger partial charge in [-0.3, -0.25) is 14.4 Å². The van der Waals surface area contributed by atoms with Crippen LogP contribution in [0.5, 0.6) is 0 Å². The lowest BCUT2D eigenvalue weighted by atomic mass is 10.4. The quantitative estimate of drug-likeness (QED) is 0.211. The van der Waals surface area contributed by atoms with Gasteiger partial charge in [-0.15, -0.1) is 0 Å². The van der Waals surface area contributed by atoms with Crippen LogP contribution in [-0.4, -0.2) is 110 Å². The van der Waals surface area contributed by atoms with Gasteiger partial charge in [-0.1, -0.05) is 63.2 Å². The number of alkyl carbamates (subject to hydrolysis) is 1. The van der Waals surface area contributed by atoms with Gasteiger partial charge in [0, 0.05) is 33.1 Å². The molecule has 0 radical (unpaired) electrons. The Morgan fingerprint density at radius 1 is 0.735 bits per heavy atom. The maximum absolute atomic E-state index is 11.3. The topological polar surface area (TPSA) is 191 Å². The Morgan fingerprint density at radius 2 is 1.12 bits per heavy atom. The van der Waals surface area contributed by atoms with Crippen molar-refractivity contribution in [2.45, 2.75) is 73.1 Å². The number of thiazole rings is 2. The van der Waals surface area contributed by atoms with Crippen molar-refractivity contribution in [2.75, 3.05) is 46.4 Å². The minimum atomic E-state index is -0.562. The first-order valence-corrected chi connectivity index (χ1v) is 18.2. The molecule has 0 atom stereocenters. The molecule has 15 nitrogen and oxygen atoms in total. The SMILES string of the molecule is CC(=O)NCC(=O)N1CCCC1.CCC.CCC.COC(=O)NCC(=O)N1CCCC1.c1ncc(-c2nc3sc(-c4cnc[nH]4)nc3s2)[nH]1. The van der Waals surface area contributed by atoms with E-state index in [0.717, 1.165) is 82.9 Å². The highest BCUT2D eigenvalue weighted by molar-refractivity contribution is 7.29. The van der Waals surface area contributed by atoms with E-state index in [0.29, 0.717) is 0 Å². The van der Waals surface area contributed by atoms with E-state index in [-0.39, 0.29) is 30.8 Å². The fourth-order valence-electron chi connectivity index (χ4n) is 4.19. The number of nitrogens with zero attached hydrogens (tertiary/aromatic N) is 6. The number of methoxy groups -OCH3 is 1. The molecule has 6 heterocycles. The average molecular weight is 719 g/mol. The first-order valence-electron chi connectivity index (χ1n) is 16.5. The lowest BCUT2D eigenvalue weighted by Crippen LogP contribution is -2.38. The first kappa shape index (κ1) is 40.8. The lowest BCUT2D eigenvalue weighted by Gasteiger charge is -2.14. The zero-order chi connectivity index (χ0) is 36.0. The number of ether oxygens (including phenoxy) is 1. The van der Waals surface area contributed by atoms with Crippen LogP contribution in [0.4, 0.5) is 4.79 Å². The number of aromatic nitrogens is 6. The molecule has 2 fully saturated rings. The van der Waals surface area contributed by atoms with Gasteiger partial charge in [-0.25, -0.2) is 24.7 Å². The summed E-state index contributed by atoms with van der Waals surface area (Å²) in [5, 5.41) is 6.68. The molecule has 0 unspecified atom stereocenters. The fraction of sp³-hybridized carbons (Fsp3) is 0.562. The highest BCUT2D eigenvalue weighted by Crippen LogP contribution is 2.35. The Labute approximate surface area is 295 Å². The maximum Gasteiger partial charge on any atom is 0.407 e. The number of fused-ring (bicyclic) bond motifs is 1. The molecule has 0 bridgehead atoms. The van der Waals surface area contributed by atoms with Crippen molar-refractivity contribution in [3.05, 3.63) is 25.0 Å². The Hall–Kier alpha value is -4.38. The molecule has 2 aliphatic heterocycles. The van der Waals surface area contributed by atoms with Crippen LogP contribution in [-0.2, 0) is 19.1 Å². The van der Waals surface area contributed by atoms with Crippen molar-refractivity contribution in [3.8, 4) is 21.4 Å². The van der Waals surface area contributed by atoms with E-state index in [1.807, 2.05) is 0 Å². The summed E-state index contributed by atoms with van der Waals surface area (Å²) >= 11 is 3.11. The van der Waals surface area contributed by atoms with Gasteiger partial charge in [0.25, 0.3) is 0 Å². The van der Waals surface area contributed by atoms with Crippen LogP contribution in [0, 0.1) is 0 Å². The number of likely N-dealkylation sites (tertiary alicyclic amines) is 2. The van der Waals surface area contributed by atoms with Crippen LogP contribution >= 0.6 is 22.7 Å². The number of rotatable bonds is 6. The second kappa shape index (κ2) is 23.1. The second-order valence-corrected chi connectivity index (χ2v) is 12.9. The third-order valence-electron chi connectivity index (χ3n) is 6.41. The van der Waals surface area contributed by atoms with Gasteiger partial charge in [0.2, 0.25) is 17.7 Å². The standard InChI is InChI=1S/C10H6N6S2.C8H14N2O3.C8H14N2O2.2C3H8/c1-5(13-3-11-1)7-15-9-10(17-7)16-8(18-9)6-2-12-4-14-6;1-13-8(12)9-6-7(11)10-4-2-3-5-10;1-7(11)9-6-8(12)10-4-2-3-5-10;2*1-3-2/h1-4H,(H,11,13)(H,12,14);2-6H2,1H3,(H,9,12);2-6H2,1H3,(H,9,11);2*3H2,1-2H3. The highest BCUT2D eigenvalue weighted by Gasteiger charge is 2.19. The normalized spacial score (nSPS) is 13.0. The molecule has 4 aromatic rings. The van der Waals surface area contributed by atoms with Crippen molar-refractivity contribution in [1.82, 2.24) is 50.3 Å². The van der Waals surface area contributed by atoms with Crippen molar-refractivity contribution in [2.24, 2.45) is 0 Å². The average Bonchev–Trinajstić information content (AvgIpc) is 3.93. The van der Waals surface area contributed by atoms with E-state index in [1.165, 1.54) is 26.9 Å². The Bertz CT molecular complexity index is 1410. The summed E-state index contributed by atoms with van der Waals surface area (Å²) in [6.07, 6.45) is 13.1. The summed E-state index contributed by atoms with van der Waals surface area (Å²) in [6.45, 7) is 13.4. The molecule has 49 heavy (non-hydrogen) atoms. The summed E-state index contributed by atoms with van der Waals surface area (Å²) in [5.41, 5.74) is 1.85. The van der Waals surface area contributed by atoms with Crippen LogP contribution in [0.1, 0.15) is 73.1 Å². The van der Waals surface area contributed by atoms with Crippen LogP contribution in [0.2, 0.25) is 0 Å². The molecule has 2 saturated heterocycles. The van der Waals surface area contributed by atoms with Gasteiger partial charge in [0.15, 0.2) is 9.66 Å². The summed E-state index contributed by atoms with van der Waals surface area (Å²) in [7, 11) is 1.27. The predicted molar refractivity (Wildman–Crippen MR) is 193 cm³/mol. The zero-order valence-electron chi connectivity index (χ0n) is 29.3. The molecule has 6 rings (SSSR count). The number of H-pyrrole nitrogens is 2. The van der Waals surface area contributed by atoms with E-state index < -0.39 is 6.09 Å². The zero-order valence-corrected chi connectivity index (χ0v) is 31.0. The Morgan fingerprint density at radius 3 is 1.45 bits per heavy atom. The molecule has 4 aromatic heterocycles. The molecule has 0 saturated carbocycles. The molecule has 0 aromatic carbocycles. The monoisotopic (exact) mass is 718 g/mol.